The zero-order valence-electron chi connectivity index (χ0n) is 15.5. The third-order valence-electron chi connectivity index (χ3n) is 7.87. The van der Waals surface area contributed by atoms with E-state index in [1.807, 2.05) is 5.57 Å². The summed E-state index contributed by atoms with van der Waals surface area (Å²) in [7, 11) is 0. The molecule has 0 heterocycles. The van der Waals surface area contributed by atoms with Crippen LogP contribution in [0.1, 0.15) is 63.9 Å². The zero-order valence-corrected chi connectivity index (χ0v) is 15.5. The first-order chi connectivity index (χ1) is 12.3. The summed E-state index contributed by atoms with van der Waals surface area (Å²) >= 11 is 0. The van der Waals surface area contributed by atoms with E-state index < -0.39 is 0 Å². The molecule has 2 saturated carbocycles. The van der Waals surface area contributed by atoms with E-state index >= 15 is 0 Å². The van der Waals surface area contributed by atoms with E-state index in [9.17, 15) is 0 Å². The Kier molecular flexibility index (Phi) is 3.77. The van der Waals surface area contributed by atoms with Crippen LogP contribution >= 0.6 is 0 Å². The molecule has 0 aromatic heterocycles. The fraction of sp³-hybridized carbons (Fsp3) is 0.520. The number of fused-ring (bicyclic) bond motifs is 5. The summed E-state index contributed by atoms with van der Waals surface area (Å²) in [5, 5.41) is 0. The van der Waals surface area contributed by atoms with Gasteiger partial charge in [0.2, 0.25) is 0 Å². The van der Waals surface area contributed by atoms with Gasteiger partial charge in [0.1, 0.15) is 0 Å². The first kappa shape index (κ1) is 15.7. The predicted molar refractivity (Wildman–Crippen MR) is 106 cm³/mol. The number of benzene rings is 1. The van der Waals surface area contributed by atoms with Gasteiger partial charge in [-0.2, -0.15) is 0 Å². The van der Waals surface area contributed by atoms with Crippen molar-refractivity contribution in [1.29, 1.82) is 0 Å². The maximum absolute atomic E-state index is 2.60. The first-order valence-electron chi connectivity index (χ1n) is 10.5. The summed E-state index contributed by atoms with van der Waals surface area (Å²) in [4.78, 5) is 0. The Hall–Kier alpha value is -1.56. The molecule has 25 heavy (non-hydrogen) atoms. The lowest BCUT2D eigenvalue weighted by molar-refractivity contribution is 0.129. The monoisotopic (exact) mass is 330 g/mol. The molecule has 4 aliphatic carbocycles. The fourth-order valence-electron chi connectivity index (χ4n) is 6.72. The van der Waals surface area contributed by atoms with Crippen molar-refractivity contribution in [2.24, 2.45) is 23.2 Å². The molecule has 4 aliphatic rings. The molecular weight excluding hydrogens is 300 g/mol. The average molecular weight is 331 g/mol. The Morgan fingerprint density at radius 2 is 1.88 bits per heavy atom. The zero-order chi connectivity index (χ0) is 16.9. The Balaban J connectivity index is 1.50. The van der Waals surface area contributed by atoms with Crippen LogP contribution in [-0.2, 0) is 0 Å². The van der Waals surface area contributed by atoms with Crippen LogP contribution in [0, 0.1) is 23.2 Å². The molecule has 0 N–H and O–H groups in total. The Morgan fingerprint density at radius 1 is 1.00 bits per heavy atom. The van der Waals surface area contributed by atoms with Crippen molar-refractivity contribution >= 4 is 5.57 Å². The molecule has 0 saturated heterocycles. The molecule has 4 atom stereocenters. The second-order valence-electron chi connectivity index (χ2n) is 8.67. The molecule has 0 spiro atoms. The summed E-state index contributed by atoms with van der Waals surface area (Å²) in [5.74, 6) is 2.67. The minimum absolute atomic E-state index is 0.332. The number of rotatable bonds is 2. The van der Waals surface area contributed by atoms with E-state index in [-0.39, 0.29) is 0 Å². The van der Waals surface area contributed by atoms with E-state index in [4.69, 9.17) is 0 Å². The summed E-state index contributed by atoms with van der Waals surface area (Å²) in [6.07, 6.45) is 18.6. The third-order valence-corrected chi connectivity index (χ3v) is 7.87. The molecule has 5 rings (SSSR count). The van der Waals surface area contributed by atoms with Gasteiger partial charge in [0.05, 0.1) is 0 Å². The maximum atomic E-state index is 2.60. The molecule has 0 radical (unpaired) electrons. The van der Waals surface area contributed by atoms with Gasteiger partial charge in [-0.1, -0.05) is 66.6 Å². The van der Waals surface area contributed by atoms with Crippen LogP contribution in [-0.4, -0.2) is 0 Å². The molecule has 0 nitrogen and oxygen atoms in total. The van der Waals surface area contributed by atoms with Gasteiger partial charge in [0, 0.05) is 5.41 Å². The van der Waals surface area contributed by atoms with E-state index in [1.54, 1.807) is 11.1 Å². The van der Waals surface area contributed by atoms with Crippen LogP contribution in [0.15, 0.2) is 59.7 Å². The number of hydrogen-bond acceptors (Lipinski definition) is 0. The summed E-state index contributed by atoms with van der Waals surface area (Å²) in [6.45, 7) is 2.42. The Labute approximate surface area is 152 Å². The minimum Gasteiger partial charge on any atom is -0.0850 e. The lowest BCUT2D eigenvalue weighted by Crippen LogP contribution is -2.42. The molecule has 0 aliphatic heterocycles. The molecule has 2 fully saturated rings. The fourth-order valence-corrected chi connectivity index (χ4v) is 6.72. The smallest absolute Gasteiger partial charge is 0.0171 e. The second-order valence-corrected chi connectivity index (χ2v) is 8.67. The topological polar surface area (TPSA) is 0 Å². The van der Waals surface area contributed by atoms with Gasteiger partial charge in [-0.3, -0.25) is 0 Å². The highest BCUT2D eigenvalue weighted by atomic mass is 14.5. The summed E-state index contributed by atoms with van der Waals surface area (Å²) in [5.41, 5.74) is 7.01. The van der Waals surface area contributed by atoms with Gasteiger partial charge in [-0.05, 0) is 80.3 Å². The molecule has 0 unspecified atom stereocenters. The summed E-state index contributed by atoms with van der Waals surface area (Å²) < 4.78 is 0. The summed E-state index contributed by atoms with van der Waals surface area (Å²) in [6, 6.07) is 11.2. The molecule has 0 heteroatoms. The third kappa shape index (κ3) is 2.26. The van der Waals surface area contributed by atoms with Crippen molar-refractivity contribution in [2.75, 3.05) is 0 Å². The van der Waals surface area contributed by atoms with Crippen LogP contribution in [0.5, 0.6) is 0 Å². The van der Waals surface area contributed by atoms with Crippen LogP contribution < -0.4 is 0 Å². The van der Waals surface area contributed by atoms with Gasteiger partial charge in [0.25, 0.3) is 0 Å². The largest absolute Gasteiger partial charge is 0.0850 e. The molecule has 130 valence electrons. The van der Waals surface area contributed by atoms with E-state index in [1.165, 1.54) is 56.9 Å². The van der Waals surface area contributed by atoms with Crippen molar-refractivity contribution in [3.05, 3.63) is 65.3 Å². The number of allylic oxidation sites excluding steroid dienone is 6. The molecule has 0 amide bonds. The first-order valence-corrected chi connectivity index (χ1v) is 10.5. The van der Waals surface area contributed by atoms with E-state index in [0.717, 1.165) is 17.8 Å². The van der Waals surface area contributed by atoms with Gasteiger partial charge in [-0.15, -0.1) is 0 Å². The second kappa shape index (κ2) is 6.01. The van der Waals surface area contributed by atoms with Crippen LogP contribution in [0.3, 0.4) is 0 Å². The predicted octanol–water partition coefficient (Wildman–Crippen LogP) is 6.95. The Morgan fingerprint density at radius 3 is 2.72 bits per heavy atom. The lowest BCUT2D eigenvalue weighted by atomic mass is 9.52. The van der Waals surface area contributed by atoms with Gasteiger partial charge in [-0.25, -0.2) is 0 Å². The van der Waals surface area contributed by atoms with E-state index in [2.05, 4.69) is 55.5 Å². The van der Waals surface area contributed by atoms with Gasteiger partial charge >= 0.3 is 0 Å². The van der Waals surface area contributed by atoms with Gasteiger partial charge < -0.3 is 0 Å². The molecule has 1 aromatic rings. The van der Waals surface area contributed by atoms with Crippen molar-refractivity contribution < 1.29 is 0 Å². The van der Waals surface area contributed by atoms with Gasteiger partial charge in [0.15, 0.2) is 0 Å². The highest BCUT2D eigenvalue weighted by Crippen LogP contribution is 2.63. The minimum atomic E-state index is 0.332. The molecule has 1 aromatic carbocycles. The van der Waals surface area contributed by atoms with Crippen LogP contribution in [0.25, 0.3) is 5.57 Å². The standard InChI is InChI=1S/C25H30/c1-2-25-17-16-21-20-11-7-6-8-18(20)12-13-22(21)24(25)15-14-23(25)19-9-4-3-5-10-19/h3-5,8-10,14-15,20-22H,2,6-7,11-13,16-17H2,1H3/t20-,21+,22+,25+/m0/s1. The van der Waals surface area contributed by atoms with Crippen molar-refractivity contribution in [1.82, 2.24) is 0 Å². The average Bonchev–Trinajstić information content (AvgIpc) is 3.08. The molecule has 0 bridgehead atoms. The van der Waals surface area contributed by atoms with Crippen LogP contribution in [0.4, 0.5) is 0 Å². The van der Waals surface area contributed by atoms with Crippen molar-refractivity contribution in [3.8, 4) is 0 Å². The highest BCUT2D eigenvalue weighted by molar-refractivity contribution is 5.78. The highest BCUT2D eigenvalue weighted by Gasteiger charge is 2.51. The van der Waals surface area contributed by atoms with Crippen molar-refractivity contribution in [3.63, 3.8) is 0 Å². The van der Waals surface area contributed by atoms with Crippen LogP contribution in [0.2, 0.25) is 0 Å². The quantitative estimate of drug-likeness (QED) is 0.514. The maximum Gasteiger partial charge on any atom is 0.0171 e. The number of hydrogen-bond donors (Lipinski definition) is 0. The normalized spacial score (nSPS) is 36.5. The Bertz CT molecular complexity index is 748. The van der Waals surface area contributed by atoms with E-state index in [0.29, 0.717) is 5.41 Å². The lowest BCUT2D eigenvalue weighted by Gasteiger charge is -2.52. The molecular formula is C25H30. The van der Waals surface area contributed by atoms with Crippen molar-refractivity contribution in [2.45, 2.75) is 58.3 Å². The SMILES string of the molecule is CC[C@]12CC[C@@H]3[C@H]4CCCC=C4CC[C@H]3C1=CC=C2c1ccccc1.